The highest BCUT2D eigenvalue weighted by Gasteiger charge is 1.88. The molecule has 0 aromatic carbocycles. The Morgan fingerprint density at radius 1 is 1.89 bits per heavy atom. The summed E-state index contributed by atoms with van der Waals surface area (Å²) < 4.78 is 4.07. The summed E-state index contributed by atoms with van der Waals surface area (Å²) in [6.07, 6.45) is 0. The molecule has 0 amide bonds. The molecule has 4 heteroatoms. The Morgan fingerprint density at radius 2 is 2.78 bits per heavy atom. The highest BCUT2D eigenvalue weighted by atomic mass is 32.1. The van der Waals surface area contributed by atoms with Crippen molar-refractivity contribution in [3.05, 3.63) is 17.1 Å². The largest absolute Gasteiger partial charge is 0.377 e. The van der Waals surface area contributed by atoms with Crippen LogP contribution in [0.3, 0.4) is 0 Å². The number of hydrogen-bond acceptors (Lipinski definition) is 3. The lowest BCUT2D eigenvalue weighted by Gasteiger charge is -1.90. The number of hydrogen-bond donors (Lipinski definition) is 1. The summed E-state index contributed by atoms with van der Waals surface area (Å²) in [4.78, 5) is 0. The zero-order chi connectivity index (χ0) is 6.53. The van der Waals surface area contributed by atoms with E-state index in [1.165, 1.54) is 17.0 Å². The van der Waals surface area contributed by atoms with Gasteiger partial charge in [-0.25, -0.2) is 0 Å². The lowest BCUT2D eigenvalue weighted by molar-refractivity contribution is 0.918. The van der Waals surface area contributed by atoms with E-state index in [1.807, 2.05) is 11.4 Å². The smallest absolute Gasteiger partial charge is 0.0733 e. The van der Waals surface area contributed by atoms with E-state index in [0.29, 0.717) is 0 Å². The van der Waals surface area contributed by atoms with E-state index < -0.39 is 0 Å². The van der Waals surface area contributed by atoms with Gasteiger partial charge in [-0.05, 0) is 17.6 Å². The van der Waals surface area contributed by atoms with Gasteiger partial charge in [0.25, 0.3) is 0 Å². The minimum absolute atomic E-state index is 0.743. The van der Waals surface area contributed by atoms with Crippen LogP contribution < -0.4 is 5.32 Å². The van der Waals surface area contributed by atoms with Crippen LogP contribution in [-0.2, 0) is 6.54 Å². The van der Waals surface area contributed by atoms with E-state index in [4.69, 9.17) is 0 Å². The molecule has 0 saturated carbocycles. The molecule has 1 aromatic heterocycles. The molecule has 1 N–H and O–H groups in total. The molecule has 0 unspecified atom stereocenters. The summed E-state index contributed by atoms with van der Waals surface area (Å²) in [6.45, 7) is 0.743. The van der Waals surface area contributed by atoms with Crippen molar-refractivity contribution in [3.8, 4) is 0 Å². The molecule has 0 aliphatic heterocycles. The molecule has 0 radical (unpaired) electrons. The van der Waals surface area contributed by atoms with E-state index in [0.717, 1.165) is 12.2 Å². The average molecular weight is 158 g/mol. The van der Waals surface area contributed by atoms with Crippen molar-refractivity contribution in [2.24, 2.45) is 0 Å². The highest BCUT2D eigenvalue weighted by Crippen LogP contribution is 1.97. The number of rotatable bonds is 3. The first-order valence-electron chi connectivity index (χ1n) is 2.50. The molecule has 0 fully saturated rings. The van der Waals surface area contributed by atoms with Gasteiger partial charge in [0.05, 0.1) is 17.7 Å². The second kappa shape index (κ2) is 3.53. The van der Waals surface area contributed by atoms with Gasteiger partial charge < -0.3 is 5.32 Å². The summed E-state index contributed by atoms with van der Waals surface area (Å²) >= 11 is 6.02. The summed E-state index contributed by atoms with van der Waals surface area (Å²) in [5, 5.41) is 4.83. The van der Waals surface area contributed by atoms with E-state index in [2.05, 4.69) is 21.9 Å². The van der Waals surface area contributed by atoms with Crippen molar-refractivity contribution in [2.75, 3.05) is 0 Å². The highest BCUT2D eigenvalue weighted by molar-refractivity contribution is 7.78. The first kappa shape index (κ1) is 6.64. The predicted octanol–water partition coefficient (Wildman–Crippen LogP) is 1.19. The number of nitrogens with zero attached hydrogens (tertiary/aromatic N) is 1. The van der Waals surface area contributed by atoms with Gasteiger partial charge in [0.2, 0.25) is 0 Å². The quantitative estimate of drug-likeness (QED) is 0.669. The Morgan fingerprint density at radius 3 is 3.33 bits per heavy atom. The second-order valence-corrected chi connectivity index (χ2v) is 2.39. The Bertz CT molecular complexity index is 171. The molecule has 2 nitrogen and oxygen atoms in total. The zero-order valence-corrected chi connectivity index (χ0v) is 6.34. The summed E-state index contributed by atoms with van der Waals surface area (Å²) in [5.74, 6) is 0. The third kappa shape index (κ3) is 2.07. The van der Waals surface area contributed by atoms with Gasteiger partial charge in [-0.1, -0.05) is 12.2 Å². The summed E-state index contributed by atoms with van der Waals surface area (Å²) in [5.41, 5.74) is 2.54. The molecule has 0 saturated heterocycles. The lowest BCUT2D eigenvalue weighted by Crippen LogP contribution is -2.08. The normalized spacial score (nSPS) is 8.89. The van der Waals surface area contributed by atoms with Crippen LogP contribution in [-0.4, -0.2) is 9.86 Å². The van der Waals surface area contributed by atoms with Crippen molar-refractivity contribution in [1.29, 1.82) is 0 Å². The van der Waals surface area contributed by atoms with Crippen LogP contribution in [0.4, 0.5) is 0 Å². The zero-order valence-electron chi connectivity index (χ0n) is 4.70. The molecule has 1 heterocycles. The lowest BCUT2D eigenvalue weighted by atomic mass is 10.4. The summed E-state index contributed by atoms with van der Waals surface area (Å²) in [6, 6.07) is 1.97. The van der Waals surface area contributed by atoms with E-state index in [9.17, 15) is 0 Å². The molecule has 9 heavy (non-hydrogen) atoms. The van der Waals surface area contributed by atoms with Crippen LogP contribution in [0, 0.1) is 0 Å². The number of aromatic nitrogens is 1. The molecule has 0 bridgehead atoms. The minimum atomic E-state index is 0.743. The fraction of sp³-hybridized carbons (Fsp3) is 0.200. The fourth-order valence-electron chi connectivity index (χ4n) is 0.475. The van der Waals surface area contributed by atoms with Crippen molar-refractivity contribution >= 4 is 29.2 Å². The van der Waals surface area contributed by atoms with Gasteiger partial charge in [-0.3, -0.25) is 0 Å². The van der Waals surface area contributed by atoms with Crippen molar-refractivity contribution in [3.63, 3.8) is 0 Å². The molecule has 48 valence electrons. The first-order chi connectivity index (χ1) is 4.43. The van der Waals surface area contributed by atoms with Gasteiger partial charge in [-0.2, -0.15) is 4.37 Å². The minimum Gasteiger partial charge on any atom is -0.377 e. The Kier molecular flexibility index (Phi) is 2.60. The van der Waals surface area contributed by atoms with Crippen molar-refractivity contribution < 1.29 is 0 Å². The third-order valence-electron chi connectivity index (χ3n) is 0.858. The van der Waals surface area contributed by atoms with Crippen molar-refractivity contribution in [1.82, 2.24) is 9.69 Å². The maximum absolute atomic E-state index is 4.56. The van der Waals surface area contributed by atoms with Crippen LogP contribution in [0.5, 0.6) is 0 Å². The van der Waals surface area contributed by atoms with Crippen LogP contribution in [0.15, 0.2) is 11.4 Å². The Hall–Kier alpha value is -0.480. The predicted molar refractivity (Wildman–Crippen MR) is 42.6 cm³/mol. The van der Waals surface area contributed by atoms with Gasteiger partial charge >= 0.3 is 0 Å². The van der Waals surface area contributed by atoms with Gasteiger partial charge in [0, 0.05) is 5.38 Å². The van der Waals surface area contributed by atoms with E-state index in [-0.39, 0.29) is 0 Å². The van der Waals surface area contributed by atoms with Crippen molar-refractivity contribution in [2.45, 2.75) is 6.54 Å². The SMILES string of the molecule is S=CNCc1ccsn1. The van der Waals surface area contributed by atoms with Gasteiger partial charge in [-0.15, -0.1) is 0 Å². The standard InChI is InChI=1S/C5H6N2S2/c8-4-6-3-5-1-2-9-7-5/h1-2,4H,3H2,(H,6,8). The molecule has 1 rings (SSSR count). The molecule has 0 spiro atoms. The number of nitrogens with one attached hydrogen (secondary N) is 1. The van der Waals surface area contributed by atoms with E-state index >= 15 is 0 Å². The van der Waals surface area contributed by atoms with Gasteiger partial charge in [0.1, 0.15) is 0 Å². The Labute approximate surface area is 63.1 Å². The van der Waals surface area contributed by atoms with Crippen LogP contribution in [0.2, 0.25) is 0 Å². The molecule has 0 aliphatic rings. The average Bonchev–Trinajstić information content (AvgIpc) is 2.34. The fourth-order valence-corrected chi connectivity index (χ4v) is 1.10. The molecule has 0 aliphatic carbocycles. The number of thiocarbonyl (C=S) groups is 1. The third-order valence-corrected chi connectivity index (χ3v) is 1.62. The van der Waals surface area contributed by atoms with Crippen LogP contribution in [0.1, 0.15) is 5.69 Å². The van der Waals surface area contributed by atoms with Crippen LogP contribution in [0.25, 0.3) is 0 Å². The molecule has 0 atom stereocenters. The first-order valence-corrected chi connectivity index (χ1v) is 3.80. The molecule has 1 aromatic rings. The molecular weight excluding hydrogens is 152 g/mol. The maximum Gasteiger partial charge on any atom is 0.0733 e. The van der Waals surface area contributed by atoms with Gasteiger partial charge in [0.15, 0.2) is 0 Å². The Balaban J connectivity index is 2.38. The van der Waals surface area contributed by atoms with Crippen LogP contribution >= 0.6 is 23.8 Å². The monoisotopic (exact) mass is 158 g/mol. The topological polar surface area (TPSA) is 24.9 Å². The summed E-state index contributed by atoms with van der Waals surface area (Å²) in [7, 11) is 0. The molecular formula is C5H6N2S2. The van der Waals surface area contributed by atoms with E-state index in [1.54, 1.807) is 0 Å². The maximum atomic E-state index is 4.56. The second-order valence-electron chi connectivity index (χ2n) is 1.49.